The summed E-state index contributed by atoms with van der Waals surface area (Å²) in [6, 6.07) is 3.71. The Morgan fingerprint density at radius 1 is 1.32 bits per heavy atom. The van der Waals surface area contributed by atoms with E-state index >= 15 is 0 Å². The van der Waals surface area contributed by atoms with Gasteiger partial charge in [0.25, 0.3) is 0 Å². The van der Waals surface area contributed by atoms with Crippen molar-refractivity contribution in [3.63, 3.8) is 0 Å². The Hall–Kier alpha value is -1.82. The summed E-state index contributed by atoms with van der Waals surface area (Å²) in [5, 5.41) is 3.67. The molecule has 2 rings (SSSR count). The summed E-state index contributed by atoms with van der Waals surface area (Å²) >= 11 is 3.50. The summed E-state index contributed by atoms with van der Waals surface area (Å²) in [7, 11) is 0. The zero-order valence-electron chi connectivity index (χ0n) is 12.8. The number of nitrogens with zero attached hydrogens (tertiary/aromatic N) is 1. The normalized spacial score (nSPS) is 15.7. The summed E-state index contributed by atoms with van der Waals surface area (Å²) in [6.45, 7) is 6.82. The van der Waals surface area contributed by atoms with Gasteiger partial charge < -0.3 is 14.3 Å². The van der Waals surface area contributed by atoms with E-state index in [1.807, 2.05) is 26.0 Å². The van der Waals surface area contributed by atoms with E-state index in [0.29, 0.717) is 36.0 Å². The van der Waals surface area contributed by atoms with Crippen LogP contribution in [0.25, 0.3) is 6.08 Å². The molecule has 1 aromatic rings. The fraction of sp³-hybridized carbons (Fsp3) is 0.375. The lowest BCUT2D eigenvalue weighted by Gasteiger charge is -2.14. The van der Waals surface area contributed by atoms with Gasteiger partial charge in [-0.1, -0.05) is 12.1 Å². The smallest absolute Gasteiger partial charge is 0.367 e. The van der Waals surface area contributed by atoms with Gasteiger partial charge in [0, 0.05) is 0 Å². The molecule has 0 N–H and O–H groups in total. The molecule has 1 aromatic carbocycles. The van der Waals surface area contributed by atoms with Crippen LogP contribution in [-0.4, -0.2) is 24.9 Å². The van der Waals surface area contributed by atoms with Crippen molar-refractivity contribution >= 4 is 33.7 Å². The average Bonchev–Trinajstić information content (AvgIpc) is 2.79. The Morgan fingerprint density at radius 3 is 2.68 bits per heavy atom. The lowest BCUT2D eigenvalue weighted by molar-refractivity contribution is -0.136. The van der Waals surface area contributed by atoms with E-state index in [1.165, 1.54) is 0 Å². The first-order valence-corrected chi connectivity index (χ1v) is 7.93. The second-order valence-corrected chi connectivity index (χ2v) is 5.58. The predicted molar refractivity (Wildman–Crippen MR) is 88.3 cm³/mol. The third-order valence-electron chi connectivity index (χ3n) is 2.97. The first-order chi connectivity index (χ1) is 10.6. The van der Waals surface area contributed by atoms with Crippen LogP contribution in [0.1, 0.15) is 32.8 Å². The third-order valence-corrected chi connectivity index (χ3v) is 3.56. The maximum atomic E-state index is 11.6. The van der Waals surface area contributed by atoms with Crippen LogP contribution in [0, 0.1) is 0 Å². The molecule has 6 heteroatoms. The highest BCUT2D eigenvalue weighted by molar-refractivity contribution is 9.10. The van der Waals surface area contributed by atoms with E-state index < -0.39 is 5.97 Å². The first kappa shape index (κ1) is 16.5. The zero-order valence-corrected chi connectivity index (χ0v) is 14.4. The molecule has 0 saturated carbocycles. The molecular weight excluding hydrogens is 350 g/mol. The molecule has 118 valence electrons. The number of benzene rings is 1. The average molecular weight is 368 g/mol. The van der Waals surface area contributed by atoms with Crippen molar-refractivity contribution in [3.05, 3.63) is 27.7 Å². The number of carbonyl (C=O) groups excluding carboxylic acids is 1. The van der Waals surface area contributed by atoms with Crippen molar-refractivity contribution in [2.45, 2.75) is 27.2 Å². The number of ether oxygens (including phenoxy) is 2. The Bertz CT molecular complexity index is 637. The van der Waals surface area contributed by atoms with Gasteiger partial charge >= 0.3 is 5.97 Å². The maximum absolute atomic E-state index is 11.6. The van der Waals surface area contributed by atoms with Gasteiger partial charge in [0.1, 0.15) is 0 Å². The van der Waals surface area contributed by atoms with Crippen LogP contribution in [0.15, 0.2) is 27.3 Å². The lowest BCUT2D eigenvalue weighted by atomic mass is 10.1. The summed E-state index contributed by atoms with van der Waals surface area (Å²) in [4.78, 5) is 16.3. The Kier molecular flexibility index (Phi) is 5.60. The zero-order chi connectivity index (χ0) is 16.1. The largest absolute Gasteiger partial charge is 0.490 e. The molecule has 0 fully saturated rings. The van der Waals surface area contributed by atoms with Gasteiger partial charge in [-0.15, -0.1) is 0 Å². The van der Waals surface area contributed by atoms with Crippen molar-refractivity contribution in [3.8, 4) is 11.5 Å². The highest BCUT2D eigenvalue weighted by Gasteiger charge is 2.22. The Morgan fingerprint density at radius 2 is 2.09 bits per heavy atom. The molecule has 1 heterocycles. The number of hydrogen-bond donors (Lipinski definition) is 0. The van der Waals surface area contributed by atoms with Gasteiger partial charge in [-0.3, -0.25) is 0 Å². The van der Waals surface area contributed by atoms with Crippen molar-refractivity contribution in [2.24, 2.45) is 5.16 Å². The molecule has 0 amide bonds. The van der Waals surface area contributed by atoms with Crippen molar-refractivity contribution in [2.75, 3.05) is 13.2 Å². The molecule has 1 aliphatic rings. The molecule has 1 aliphatic heterocycles. The molecule has 0 aliphatic carbocycles. The third kappa shape index (κ3) is 3.68. The molecule has 0 radical (unpaired) electrons. The van der Waals surface area contributed by atoms with E-state index in [4.69, 9.17) is 9.47 Å². The van der Waals surface area contributed by atoms with Crippen LogP contribution in [0.3, 0.4) is 0 Å². The highest BCUT2D eigenvalue weighted by Crippen LogP contribution is 2.37. The van der Waals surface area contributed by atoms with E-state index in [2.05, 4.69) is 25.9 Å². The number of carbonyl (C=O) groups is 1. The van der Waals surface area contributed by atoms with Crippen LogP contribution in [0.5, 0.6) is 11.5 Å². The van der Waals surface area contributed by atoms with E-state index in [9.17, 15) is 4.79 Å². The fourth-order valence-electron chi connectivity index (χ4n) is 1.96. The van der Waals surface area contributed by atoms with Crippen LogP contribution < -0.4 is 9.47 Å². The van der Waals surface area contributed by atoms with Gasteiger partial charge in [0.05, 0.1) is 29.0 Å². The maximum Gasteiger partial charge on any atom is 0.367 e. The number of hydrogen-bond acceptors (Lipinski definition) is 5. The highest BCUT2D eigenvalue weighted by atomic mass is 79.9. The van der Waals surface area contributed by atoms with Crippen molar-refractivity contribution in [1.82, 2.24) is 0 Å². The second-order valence-electron chi connectivity index (χ2n) is 4.72. The van der Waals surface area contributed by atoms with E-state index in [-0.39, 0.29) is 0 Å². The second kappa shape index (κ2) is 7.45. The minimum Gasteiger partial charge on any atom is -0.490 e. The molecule has 0 bridgehead atoms. The monoisotopic (exact) mass is 367 g/mol. The summed E-state index contributed by atoms with van der Waals surface area (Å²) in [5.74, 6) is 0.862. The van der Waals surface area contributed by atoms with Crippen molar-refractivity contribution in [1.29, 1.82) is 0 Å². The van der Waals surface area contributed by atoms with Crippen LogP contribution >= 0.6 is 15.9 Å². The molecule has 0 unspecified atom stereocenters. The topological polar surface area (TPSA) is 57.1 Å². The quantitative estimate of drug-likeness (QED) is 0.564. The van der Waals surface area contributed by atoms with Gasteiger partial charge in [-0.05, 0) is 60.0 Å². The molecule has 5 nitrogen and oxygen atoms in total. The van der Waals surface area contributed by atoms with Gasteiger partial charge in [0.2, 0.25) is 0 Å². The van der Waals surface area contributed by atoms with E-state index in [1.54, 1.807) is 13.0 Å². The lowest BCUT2D eigenvalue weighted by Crippen LogP contribution is -2.03. The van der Waals surface area contributed by atoms with Gasteiger partial charge in [-0.25, -0.2) is 4.79 Å². The van der Waals surface area contributed by atoms with Crippen LogP contribution in [0.4, 0.5) is 0 Å². The summed E-state index contributed by atoms with van der Waals surface area (Å²) in [6.07, 6.45) is 2.64. The van der Waals surface area contributed by atoms with Crippen LogP contribution in [-0.2, 0) is 9.63 Å². The molecule has 0 saturated heterocycles. The first-order valence-electron chi connectivity index (χ1n) is 7.14. The minimum atomic E-state index is -0.446. The van der Waals surface area contributed by atoms with Gasteiger partial charge in [0.15, 0.2) is 11.5 Å². The standard InChI is InChI=1S/C16H18BrNO4/c1-4-6-21-15-13(17)8-11(9-14(15)20-5-2)7-12-10(3)18-22-16(12)19/h7-9H,4-6H2,1-3H3/b12-7+. The number of rotatable bonds is 6. The molecule has 0 spiro atoms. The molecule has 22 heavy (non-hydrogen) atoms. The predicted octanol–water partition coefficient (Wildman–Crippen LogP) is 3.95. The SMILES string of the molecule is CCCOc1c(Br)cc(/C=C2/C(=O)ON=C2C)cc1OCC. The summed E-state index contributed by atoms with van der Waals surface area (Å²) in [5.41, 5.74) is 1.81. The minimum absolute atomic E-state index is 0.441. The summed E-state index contributed by atoms with van der Waals surface area (Å²) < 4.78 is 12.1. The Balaban J connectivity index is 2.40. The molecule has 0 aromatic heterocycles. The molecule has 0 atom stereocenters. The van der Waals surface area contributed by atoms with E-state index in [0.717, 1.165) is 16.5 Å². The number of halogens is 1. The Labute approximate surface area is 138 Å². The van der Waals surface area contributed by atoms with Crippen LogP contribution in [0.2, 0.25) is 0 Å². The fourth-order valence-corrected chi connectivity index (χ4v) is 2.54. The van der Waals surface area contributed by atoms with Crippen molar-refractivity contribution < 1.29 is 19.1 Å². The molecular formula is C16H18BrNO4. The number of oxime groups is 1. The van der Waals surface area contributed by atoms with Gasteiger partial charge in [-0.2, -0.15) is 0 Å².